The lowest BCUT2D eigenvalue weighted by molar-refractivity contribution is -0.143. The lowest BCUT2D eigenvalue weighted by Gasteiger charge is -2.31. The van der Waals surface area contributed by atoms with Crippen LogP contribution in [-0.4, -0.2) is 159 Å². The van der Waals surface area contributed by atoms with Crippen molar-refractivity contribution in [1.29, 1.82) is 0 Å². The Balaban J connectivity index is 1.73. The Hall–Kier alpha value is -5.53. The van der Waals surface area contributed by atoms with E-state index in [-0.39, 0.29) is 62.5 Å². The molecule has 13 N–H and O–H groups in total. The first-order valence-electron chi connectivity index (χ1n) is 23.5. The monoisotopic (exact) mass is 1050 g/mol. The number of nitrogens with one attached hydrogen (secondary N) is 8. The second-order valence-electron chi connectivity index (χ2n) is 18.2. The molecule has 25 heteroatoms. The number of amides is 9. The molecule has 1 aliphatic heterocycles. The van der Waals surface area contributed by atoms with Gasteiger partial charge in [0, 0.05) is 41.6 Å². The van der Waals surface area contributed by atoms with Crippen molar-refractivity contribution in [2.45, 2.75) is 134 Å². The minimum absolute atomic E-state index is 0.108. The third kappa shape index (κ3) is 18.2. The number of para-hydroxylation sites is 1. The molecule has 2 heterocycles. The van der Waals surface area contributed by atoms with Gasteiger partial charge in [-0.25, -0.2) is 4.79 Å². The molecule has 0 bridgehead atoms. The van der Waals surface area contributed by atoms with Crippen LogP contribution in [0.4, 0.5) is 0 Å². The third-order valence-electron chi connectivity index (χ3n) is 11.8. The van der Waals surface area contributed by atoms with Gasteiger partial charge >= 0.3 is 5.97 Å². The van der Waals surface area contributed by atoms with Crippen molar-refractivity contribution in [3.63, 3.8) is 0 Å². The van der Waals surface area contributed by atoms with Crippen molar-refractivity contribution in [2.75, 3.05) is 30.1 Å². The van der Waals surface area contributed by atoms with Crippen molar-refractivity contribution in [1.82, 2.24) is 47.1 Å². The number of nitrogens with zero attached hydrogens (tertiary/aromatic N) is 1. The summed E-state index contributed by atoms with van der Waals surface area (Å²) in [6.07, 6.45) is 4.12. The molecule has 1 fully saturated rings. The summed E-state index contributed by atoms with van der Waals surface area (Å²) in [7, 11) is 0. The summed E-state index contributed by atoms with van der Waals surface area (Å²) in [4.78, 5) is 137. The number of benzene rings is 1. The van der Waals surface area contributed by atoms with Crippen molar-refractivity contribution < 1.29 is 53.1 Å². The van der Waals surface area contributed by atoms with Gasteiger partial charge in [0.05, 0.1) is 6.04 Å². The molecular weight excluding hydrogens is 979 g/mol. The Bertz CT molecular complexity index is 2210. The molecule has 0 saturated carbocycles. The Morgan fingerprint density at radius 2 is 1.34 bits per heavy atom. The predicted molar refractivity (Wildman–Crippen MR) is 275 cm³/mol. The van der Waals surface area contributed by atoms with Crippen LogP contribution in [0.1, 0.15) is 78.7 Å². The first-order chi connectivity index (χ1) is 33.5. The predicted octanol–water partition coefficient (Wildman–Crippen LogP) is -0.893. The number of nitrogens with two attached hydrogens (primary N) is 2. The second kappa shape index (κ2) is 29.1. The van der Waals surface area contributed by atoms with Gasteiger partial charge < -0.3 is 63.7 Å². The number of thioether (sulfide) groups is 1. The van der Waals surface area contributed by atoms with Crippen LogP contribution >= 0.6 is 37.0 Å². The van der Waals surface area contributed by atoms with Gasteiger partial charge in [-0.1, -0.05) is 45.9 Å². The average Bonchev–Trinajstić information content (AvgIpc) is 3.98. The number of carboxylic acid groups (broad SMARTS) is 1. The van der Waals surface area contributed by atoms with Crippen LogP contribution < -0.4 is 48.7 Å². The first-order valence-corrected chi connectivity index (χ1v) is 26.1. The maximum absolute atomic E-state index is 14.1. The molecule has 1 aliphatic rings. The largest absolute Gasteiger partial charge is 0.480 e. The molecular formula is C46H71N11O11S3. The molecule has 1 aromatic heterocycles. The number of aliphatic carboxylic acids is 1. The van der Waals surface area contributed by atoms with Crippen molar-refractivity contribution in [2.24, 2.45) is 23.3 Å². The standard InChI is InChI=1S/C46H71N11O11S3/c1-23(2)18-32(42(63)54-33(21-69)45(66)57-16-9-12-35(57)43(64)50-25(5)38(59)55-34(22-70)46(67)68)53-44(65)37(24(3)4)56-41(62)31(15-17-71-6)52-40(61)30(13-14-36(48)58)51-39(60)28(47)19-26-20-49-29-11-8-7-10-27(26)29/h7-8,10-11,20,23-25,28,30-35,37,49,69-70H,9,12-19,21-22,47H2,1-6H3,(H2,48,58)(H,50,64)(H,51,60)(H,52,61)(H,53,65)(H,54,63)(H,55,59)(H,56,62)(H,67,68)/t25-,28-,30-,31-,32-,33-,34-,35-,37-/m0/s1. The number of aromatic amines is 1. The Morgan fingerprint density at radius 1 is 0.761 bits per heavy atom. The van der Waals surface area contributed by atoms with Crippen LogP contribution in [0.3, 0.4) is 0 Å². The topological polar surface area (TPSA) is 346 Å². The SMILES string of the molecule is CSCC[C@H](NC(=O)[C@H](CCC(N)=O)NC(=O)[C@@H](N)Cc1c[nH]c2ccccc12)C(=O)N[C@H](C(=O)N[C@@H](CC(C)C)C(=O)N[C@@H](CS)C(=O)N1CCC[C@H]1C(=O)N[C@@H](C)C(=O)N[C@@H](CS)C(=O)O)C(C)C. The lowest BCUT2D eigenvalue weighted by atomic mass is 9.99. The highest BCUT2D eigenvalue weighted by atomic mass is 32.2. The normalized spacial score (nSPS) is 16.9. The maximum atomic E-state index is 14.1. The molecule has 9 atom stereocenters. The van der Waals surface area contributed by atoms with Gasteiger partial charge in [0.1, 0.15) is 48.3 Å². The summed E-state index contributed by atoms with van der Waals surface area (Å²) in [6, 6.07) is -3.25. The molecule has 22 nitrogen and oxygen atoms in total. The number of primary amides is 1. The van der Waals surface area contributed by atoms with Crippen LogP contribution in [0.15, 0.2) is 30.5 Å². The van der Waals surface area contributed by atoms with Gasteiger partial charge in [0.25, 0.3) is 0 Å². The van der Waals surface area contributed by atoms with Crippen LogP contribution in [0.2, 0.25) is 0 Å². The third-order valence-corrected chi connectivity index (χ3v) is 13.2. The number of H-pyrrole nitrogens is 1. The number of hydrogen-bond donors (Lipinski definition) is 13. The summed E-state index contributed by atoms with van der Waals surface area (Å²) < 4.78 is 0. The van der Waals surface area contributed by atoms with E-state index < -0.39 is 119 Å². The lowest BCUT2D eigenvalue weighted by Crippen LogP contribution is -2.61. The molecule has 0 spiro atoms. The number of hydrogen-bond acceptors (Lipinski definition) is 14. The van der Waals surface area contributed by atoms with Crippen LogP contribution in [0.25, 0.3) is 10.9 Å². The fraction of sp³-hybridized carbons (Fsp3) is 0.609. The Labute approximate surface area is 428 Å². The van der Waals surface area contributed by atoms with E-state index in [1.54, 1.807) is 26.3 Å². The summed E-state index contributed by atoms with van der Waals surface area (Å²) >= 11 is 9.64. The molecule has 9 amide bonds. The van der Waals surface area contributed by atoms with Gasteiger partial charge in [-0.2, -0.15) is 37.0 Å². The molecule has 0 aliphatic carbocycles. The number of likely N-dealkylation sites (tertiary alicyclic amines) is 1. The first kappa shape index (κ1) is 59.8. The molecule has 0 unspecified atom stereocenters. The number of aromatic nitrogens is 1. The molecule has 394 valence electrons. The van der Waals surface area contributed by atoms with Gasteiger partial charge in [-0.3, -0.25) is 43.2 Å². The number of rotatable bonds is 29. The van der Waals surface area contributed by atoms with Crippen LogP contribution in [-0.2, 0) is 54.4 Å². The van der Waals surface area contributed by atoms with E-state index in [2.05, 4.69) is 67.5 Å². The number of carbonyl (C=O) groups is 10. The van der Waals surface area contributed by atoms with Crippen LogP contribution in [0, 0.1) is 11.8 Å². The van der Waals surface area contributed by atoms with E-state index >= 15 is 0 Å². The second-order valence-corrected chi connectivity index (χ2v) is 20.0. The fourth-order valence-electron chi connectivity index (χ4n) is 7.81. The Kier molecular flexibility index (Phi) is 24.5. The Morgan fingerprint density at radius 3 is 1.94 bits per heavy atom. The van der Waals surface area contributed by atoms with Crippen molar-refractivity contribution >= 4 is 107 Å². The zero-order valence-electron chi connectivity index (χ0n) is 41.0. The zero-order valence-corrected chi connectivity index (χ0v) is 43.6. The smallest absolute Gasteiger partial charge is 0.327 e. The molecule has 3 rings (SSSR count). The van der Waals surface area contributed by atoms with Crippen LogP contribution in [0.5, 0.6) is 0 Å². The minimum Gasteiger partial charge on any atom is -0.480 e. The minimum atomic E-state index is -1.31. The van der Waals surface area contributed by atoms with E-state index in [1.165, 1.54) is 23.6 Å². The summed E-state index contributed by atoms with van der Waals surface area (Å²) in [5.41, 5.74) is 13.3. The highest BCUT2D eigenvalue weighted by Crippen LogP contribution is 2.21. The zero-order chi connectivity index (χ0) is 53.1. The van der Waals surface area contributed by atoms with Crippen molar-refractivity contribution in [3.05, 3.63) is 36.0 Å². The van der Waals surface area contributed by atoms with E-state index in [0.717, 1.165) is 16.5 Å². The molecule has 71 heavy (non-hydrogen) atoms. The highest BCUT2D eigenvalue weighted by Gasteiger charge is 2.40. The molecule has 2 aromatic rings. The van der Waals surface area contributed by atoms with E-state index in [4.69, 9.17) is 11.5 Å². The molecule has 1 aromatic carbocycles. The van der Waals surface area contributed by atoms with Gasteiger partial charge in [-0.05, 0) is 80.9 Å². The molecule has 0 radical (unpaired) electrons. The highest BCUT2D eigenvalue weighted by molar-refractivity contribution is 7.98. The fourth-order valence-corrected chi connectivity index (χ4v) is 8.78. The summed E-state index contributed by atoms with van der Waals surface area (Å²) in [6.45, 7) is 8.51. The quantitative estimate of drug-likeness (QED) is 0.0441. The summed E-state index contributed by atoms with van der Waals surface area (Å²) in [5.74, 6) is -8.38. The summed E-state index contributed by atoms with van der Waals surface area (Å²) in [5, 5.41) is 28.3. The van der Waals surface area contributed by atoms with E-state index in [9.17, 15) is 53.1 Å². The van der Waals surface area contributed by atoms with E-state index in [0.29, 0.717) is 12.2 Å². The van der Waals surface area contributed by atoms with Crippen molar-refractivity contribution in [3.8, 4) is 0 Å². The number of carbonyl (C=O) groups excluding carboxylic acids is 9. The molecule has 1 saturated heterocycles. The van der Waals surface area contributed by atoms with Gasteiger partial charge in [0.15, 0.2) is 0 Å². The van der Waals surface area contributed by atoms with Gasteiger partial charge in [0.2, 0.25) is 53.2 Å². The number of fused-ring (bicyclic) bond motifs is 1. The number of thiol groups is 2. The van der Waals surface area contributed by atoms with E-state index in [1.807, 2.05) is 38.1 Å². The average molecular weight is 1050 g/mol. The maximum Gasteiger partial charge on any atom is 0.327 e. The number of carboxylic acids is 1. The van der Waals surface area contributed by atoms with Gasteiger partial charge in [-0.15, -0.1) is 0 Å².